The number of carbonyl (C=O) groups excluding carboxylic acids is 2. The number of aliphatic imine (C=N–C) groups is 2. The van der Waals surface area contributed by atoms with Gasteiger partial charge in [0.25, 0.3) is 12.0 Å². The van der Waals surface area contributed by atoms with Crippen molar-refractivity contribution in [3.05, 3.63) is 82.9 Å². The van der Waals surface area contributed by atoms with Crippen LogP contribution in [0.4, 0.5) is 0 Å². The Bertz CT molecular complexity index is 1250. The molecule has 4 aliphatic rings. The van der Waals surface area contributed by atoms with Gasteiger partial charge in [0.2, 0.25) is 0 Å². The minimum Gasteiger partial charge on any atom is -0.389 e. The molecule has 2 aromatic rings. The van der Waals surface area contributed by atoms with E-state index in [1.165, 1.54) is 22.3 Å². The van der Waals surface area contributed by atoms with Gasteiger partial charge in [-0.2, -0.15) is 0 Å². The van der Waals surface area contributed by atoms with Crippen LogP contribution in [-0.4, -0.2) is 49.2 Å². The van der Waals surface area contributed by atoms with Crippen LogP contribution in [0.2, 0.25) is 0 Å². The third kappa shape index (κ3) is 6.61. The second-order valence-electron chi connectivity index (χ2n) is 11.4. The van der Waals surface area contributed by atoms with E-state index < -0.39 is 11.9 Å². The summed E-state index contributed by atoms with van der Waals surface area (Å²) in [6, 6.07) is 18.0. The first-order chi connectivity index (χ1) is 19.6. The largest absolute Gasteiger partial charge is 0.389 e. The lowest BCUT2D eigenvalue weighted by Crippen LogP contribution is -2.35. The molecule has 0 saturated carbocycles. The first kappa shape index (κ1) is 26.3. The van der Waals surface area contributed by atoms with Gasteiger partial charge in [0, 0.05) is 12.2 Å². The number of nitrogens with one attached hydrogen (secondary N) is 2. The summed E-state index contributed by atoms with van der Waals surface area (Å²) >= 11 is 0. The van der Waals surface area contributed by atoms with Gasteiger partial charge in [0.05, 0.1) is 25.2 Å². The normalized spacial score (nSPS) is 25.2. The first-order valence-electron chi connectivity index (χ1n) is 14.4. The number of esters is 2. The number of hydrogen-bond acceptors (Lipinski definition) is 8. The van der Waals surface area contributed by atoms with E-state index in [0.29, 0.717) is 24.9 Å². The molecule has 2 N–H and O–H groups in total. The Balaban J connectivity index is 0.885. The fourth-order valence-corrected chi connectivity index (χ4v) is 6.46. The Morgan fingerprint density at radius 2 is 1.12 bits per heavy atom. The molecule has 0 aromatic heterocycles. The van der Waals surface area contributed by atoms with Crippen molar-refractivity contribution in [2.45, 2.75) is 63.5 Å². The second kappa shape index (κ2) is 12.1. The highest BCUT2D eigenvalue weighted by Gasteiger charge is 2.28. The van der Waals surface area contributed by atoms with Crippen molar-refractivity contribution in [3.8, 4) is 0 Å². The molecule has 0 bridgehead atoms. The van der Waals surface area contributed by atoms with Crippen LogP contribution < -0.4 is 10.6 Å². The van der Waals surface area contributed by atoms with Gasteiger partial charge >= 0.3 is 11.9 Å². The van der Waals surface area contributed by atoms with Crippen LogP contribution in [0.3, 0.4) is 0 Å². The van der Waals surface area contributed by atoms with Crippen LogP contribution in [0.5, 0.6) is 0 Å². The van der Waals surface area contributed by atoms with E-state index in [0.717, 1.165) is 63.5 Å². The summed E-state index contributed by atoms with van der Waals surface area (Å²) in [5.74, 6) is -0.184. The molecule has 2 aliphatic carbocycles. The van der Waals surface area contributed by atoms with Crippen LogP contribution in [0.1, 0.15) is 47.9 Å². The molecule has 4 unspecified atom stereocenters. The van der Waals surface area contributed by atoms with Crippen LogP contribution in [0.15, 0.2) is 70.7 Å². The third-order valence-electron chi connectivity index (χ3n) is 8.45. The van der Waals surface area contributed by atoms with E-state index in [2.05, 4.69) is 69.1 Å². The zero-order valence-corrected chi connectivity index (χ0v) is 22.7. The number of benzene rings is 2. The van der Waals surface area contributed by atoms with Crippen LogP contribution in [0.25, 0.3) is 0 Å². The Kier molecular flexibility index (Phi) is 7.93. The van der Waals surface area contributed by atoms with Crippen molar-refractivity contribution < 1.29 is 19.1 Å². The lowest BCUT2D eigenvalue weighted by molar-refractivity contribution is -0.133. The first-order valence-corrected chi connectivity index (χ1v) is 14.4. The van der Waals surface area contributed by atoms with E-state index in [-0.39, 0.29) is 24.1 Å². The quantitative estimate of drug-likeness (QED) is 0.428. The van der Waals surface area contributed by atoms with E-state index in [1.807, 2.05) is 0 Å². The molecular formula is C32H36N4O4. The highest BCUT2D eigenvalue weighted by Crippen LogP contribution is 2.30. The summed E-state index contributed by atoms with van der Waals surface area (Å²) < 4.78 is 10.6. The number of ether oxygens (including phenoxy) is 2. The Morgan fingerprint density at radius 1 is 0.700 bits per heavy atom. The van der Waals surface area contributed by atoms with Crippen molar-refractivity contribution >= 4 is 24.0 Å². The standard InChI is InChI=1S/C32H36N4O4/c37-29(39-31-33-19-27(35-31)17-21-9-11-23-5-1-3-7-25(23)15-21)13-14-30(38)40-32-34-20-28(36-32)18-22-10-12-24-6-2-4-8-26(24)16-22/h1-8,13-14,21-22,27-28H,9-12,15-20H2,(H,33,35)(H,34,36)/b14-13+. The van der Waals surface area contributed by atoms with E-state index >= 15 is 0 Å². The van der Waals surface area contributed by atoms with Crippen LogP contribution >= 0.6 is 0 Å². The van der Waals surface area contributed by atoms with Crippen LogP contribution in [0, 0.1) is 11.8 Å². The van der Waals surface area contributed by atoms with Crippen molar-refractivity contribution in [2.75, 3.05) is 13.1 Å². The van der Waals surface area contributed by atoms with Gasteiger partial charge in [0.1, 0.15) is 0 Å². The third-order valence-corrected chi connectivity index (χ3v) is 8.45. The monoisotopic (exact) mass is 540 g/mol. The molecule has 4 atom stereocenters. The highest BCUT2D eigenvalue weighted by molar-refractivity contribution is 6.00. The minimum absolute atomic E-state index is 0.148. The summed E-state index contributed by atoms with van der Waals surface area (Å²) in [4.78, 5) is 33.2. The van der Waals surface area contributed by atoms with Gasteiger partial charge < -0.3 is 20.1 Å². The number of hydrogen-bond donors (Lipinski definition) is 2. The molecule has 2 aliphatic heterocycles. The summed E-state index contributed by atoms with van der Waals surface area (Å²) in [7, 11) is 0. The predicted molar refractivity (Wildman–Crippen MR) is 153 cm³/mol. The number of carbonyl (C=O) groups is 2. The average molecular weight is 541 g/mol. The van der Waals surface area contributed by atoms with Gasteiger partial charge in [-0.15, -0.1) is 0 Å². The smallest absolute Gasteiger partial charge is 0.338 e. The summed E-state index contributed by atoms with van der Waals surface area (Å²) in [5, 5.41) is 6.42. The molecule has 0 amide bonds. The maximum atomic E-state index is 12.3. The van der Waals surface area contributed by atoms with Gasteiger partial charge in [-0.1, -0.05) is 48.5 Å². The SMILES string of the molecule is O=C(/C=C/C(=O)OC1=NCC(CC2CCc3ccccc3C2)N1)OC1=NCC(CC2CCc3ccccc3C2)N1. The molecule has 0 saturated heterocycles. The molecule has 0 spiro atoms. The number of amidine groups is 2. The average Bonchev–Trinajstić information content (AvgIpc) is 3.60. The molecular weight excluding hydrogens is 504 g/mol. The Morgan fingerprint density at radius 3 is 1.57 bits per heavy atom. The van der Waals surface area contributed by atoms with Gasteiger partial charge in [-0.3, -0.25) is 0 Å². The Hall–Kier alpha value is -3.94. The number of aryl methyl sites for hydroxylation is 2. The van der Waals surface area contributed by atoms with E-state index in [9.17, 15) is 9.59 Å². The number of rotatable bonds is 6. The van der Waals surface area contributed by atoms with Crippen molar-refractivity contribution in [1.29, 1.82) is 0 Å². The van der Waals surface area contributed by atoms with Gasteiger partial charge in [0.15, 0.2) is 0 Å². The predicted octanol–water partition coefficient (Wildman–Crippen LogP) is 3.68. The molecule has 2 aromatic carbocycles. The maximum absolute atomic E-state index is 12.3. The fraction of sp³-hybridized carbons (Fsp3) is 0.438. The molecule has 8 heteroatoms. The van der Waals surface area contributed by atoms with Gasteiger partial charge in [-0.25, -0.2) is 19.6 Å². The lowest BCUT2D eigenvalue weighted by Gasteiger charge is -2.26. The Labute approximate surface area is 235 Å². The molecule has 208 valence electrons. The van der Waals surface area contributed by atoms with Crippen molar-refractivity contribution in [2.24, 2.45) is 21.8 Å². The lowest BCUT2D eigenvalue weighted by atomic mass is 9.81. The molecule has 0 fully saturated rings. The zero-order valence-electron chi connectivity index (χ0n) is 22.7. The van der Waals surface area contributed by atoms with Crippen molar-refractivity contribution in [3.63, 3.8) is 0 Å². The number of nitrogens with zero attached hydrogens (tertiary/aromatic N) is 2. The topological polar surface area (TPSA) is 101 Å². The molecule has 2 heterocycles. The zero-order chi connectivity index (χ0) is 27.3. The van der Waals surface area contributed by atoms with Crippen LogP contribution in [-0.2, 0) is 44.7 Å². The number of fused-ring (bicyclic) bond motifs is 2. The molecule has 6 rings (SSSR count). The summed E-state index contributed by atoms with van der Waals surface area (Å²) in [6.07, 6.45) is 10.8. The van der Waals surface area contributed by atoms with E-state index in [1.54, 1.807) is 0 Å². The summed E-state index contributed by atoms with van der Waals surface area (Å²) in [6.45, 7) is 1.15. The fourth-order valence-electron chi connectivity index (χ4n) is 6.46. The summed E-state index contributed by atoms with van der Waals surface area (Å²) in [5.41, 5.74) is 5.78. The van der Waals surface area contributed by atoms with E-state index in [4.69, 9.17) is 9.47 Å². The maximum Gasteiger partial charge on any atom is 0.338 e. The minimum atomic E-state index is -0.674. The molecule has 8 nitrogen and oxygen atoms in total. The highest BCUT2D eigenvalue weighted by atomic mass is 16.6. The van der Waals surface area contributed by atoms with Gasteiger partial charge in [-0.05, 0) is 85.5 Å². The van der Waals surface area contributed by atoms with Crippen molar-refractivity contribution in [1.82, 2.24) is 10.6 Å². The second-order valence-corrected chi connectivity index (χ2v) is 11.4. The molecule has 0 radical (unpaired) electrons. The molecule has 40 heavy (non-hydrogen) atoms.